The van der Waals surface area contributed by atoms with Gasteiger partial charge >= 0.3 is 0 Å². The van der Waals surface area contributed by atoms with Crippen LogP contribution in [0, 0.1) is 18.4 Å². The molecule has 0 aromatic carbocycles. The standard InChI is InChI=1S/C9H12N4O/c1-3-4-14-8-5-7(2)12-9(13-8)11-6-10/h5H,3-4H2,1-2H3,(H,11,12,13). The van der Waals surface area contributed by atoms with E-state index in [1.165, 1.54) is 0 Å². The summed E-state index contributed by atoms with van der Waals surface area (Å²) in [5, 5.41) is 10.8. The fraction of sp³-hybridized carbons (Fsp3) is 0.444. The van der Waals surface area contributed by atoms with Crippen LogP contribution in [0.5, 0.6) is 5.88 Å². The van der Waals surface area contributed by atoms with Crippen LogP contribution in [0.3, 0.4) is 0 Å². The molecule has 5 heteroatoms. The molecule has 14 heavy (non-hydrogen) atoms. The van der Waals surface area contributed by atoms with Gasteiger partial charge in [0.1, 0.15) is 0 Å². The molecule has 1 N–H and O–H groups in total. The zero-order valence-electron chi connectivity index (χ0n) is 8.24. The second-order valence-corrected chi connectivity index (χ2v) is 2.76. The largest absolute Gasteiger partial charge is 0.478 e. The number of nitrogens with zero attached hydrogens (tertiary/aromatic N) is 3. The van der Waals surface area contributed by atoms with Crippen LogP contribution in [-0.4, -0.2) is 16.6 Å². The van der Waals surface area contributed by atoms with Crippen molar-refractivity contribution in [2.45, 2.75) is 20.3 Å². The van der Waals surface area contributed by atoms with Crippen LogP contribution in [0.25, 0.3) is 0 Å². The van der Waals surface area contributed by atoms with Gasteiger partial charge in [-0.2, -0.15) is 10.2 Å². The Kier molecular flexibility index (Phi) is 3.68. The minimum Gasteiger partial charge on any atom is -0.478 e. The molecular weight excluding hydrogens is 180 g/mol. The molecule has 0 bridgehead atoms. The highest BCUT2D eigenvalue weighted by atomic mass is 16.5. The quantitative estimate of drug-likeness (QED) is 0.577. The van der Waals surface area contributed by atoms with Gasteiger partial charge in [0.05, 0.1) is 6.61 Å². The van der Waals surface area contributed by atoms with Gasteiger partial charge in [0.15, 0.2) is 6.19 Å². The van der Waals surface area contributed by atoms with Crippen LogP contribution in [0.4, 0.5) is 5.95 Å². The van der Waals surface area contributed by atoms with Crippen molar-refractivity contribution in [1.29, 1.82) is 5.26 Å². The van der Waals surface area contributed by atoms with Gasteiger partial charge in [-0.1, -0.05) is 6.92 Å². The molecular formula is C9H12N4O. The number of nitrogens with one attached hydrogen (secondary N) is 1. The highest BCUT2D eigenvalue weighted by Gasteiger charge is 2.01. The number of hydrogen-bond donors (Lipinski definition) is 1. The first-order valence-corrected chi connectivity index (χ1v) is 4.40. The van der Waals surface area contributed by atoms with Crippen LogP contribution < -0.4 is 10.1 Å². The van der Waals surface area contributed by atoms with E-state index in [0.717, 1.165) is 12.1 Å². The monoisotopic (exact) mass is 192 g/mol. The van der Waals surface area contributed by atoms with E-state index in [9.17, 15) is 0 Å². The summed E-state index contributed by atoms with van der Waals surface area (Å²) in [4.78, 5) is 8.00. The minimum atomic E-state index is 0.276. The van der Waals surface area contributed by atoms with Crippen molar-refractivity contribution in [2.24, 2.45) is 0 Å². The third-order valence-corrected chi connectivity index (χ3v) is 1.45. The minimum absolute atomic E-state index is 0.276. The summed E-state index contributed by atoms with van der Waals surface area (Å²) in [5.74, 6) is 0.774. The van der Waals surface area contributed by atoms with Crippen LogP contribution in [-0.2, 0) is 0 Å². The van der Waals surface area contributed by atoms with E-state index < -0.39 is 0 Å². The van der Waals surface area contributed by atoms with Crippen LogP contribution in [0.2, 0.25) is 0 Å². The third kappa shape index (κ3) is 2.90. The van der Waals surface area contributed by atoms with Crippen molar-refractivity contribution in [3.05, 3.63) is 11.8 Å². The molecule has 1 aromatic heterocycles. The molecule has 0 radical (unpaired) electrons. The first kappa shape index (κ1) is 10.3. The van der Waals surface area contributed by atoms with Crippen LogP contribution in [0.1, 0.15) is 19.0 Å². The highest BCUT2D eigenvalue weighted by molar-refractivity contribution is 5.34. The Bertz CT molecular complexity index is 345. The molecule has 0 unspecified atom stereocenters. The molecule has 0 spiro atoms. The number of ether oxygens (including phenoxy) is 1. The molecule has 0 atom stereocenters. The van der Waals surface area contributed by atoms with Crippen molar-refractivity contribution in [3.63, 3.8) is 0 Å². The summed E-state index contributed by atoms with van der Waals surface area (Å²) in [7, 11) is 0. The maximum absolute atomic E-state index is 8.40. The molecule has 0 aliphatic rings. The summed E-state index contributed by atoms with van der Waals surface area (Å²) in [6.07, 6.45) is 2.68. The van der Waals surface area contributed by atoms with Gasteiger partial charge in [-0.15, -0.1) is 0 Å². The summed E-state index contributed by atoms with van der Waals surface area (Å²) in [6.45, 7) is 4.45. The maximum Gasteiger partial charge on any atom is 0.239 e. The third-order valence-electron chi connectivity index (χ3n) is 1.45. The number of aryl methyl sites for hydroxylation is 1. The molecule has 0 aliphatic heterocycles. The Morgan fingerprint density at radius 1 is 1.57 bits per heavy atom. The van der Waals surface area contributed by atoms with Crippen molar-refractivity contribution < 1.29 is 4.74 Å². The van der Waals surface area contributed by atoms with Crippen LogP contribution in [0.15, 0.2) is 6.07 Å². The van der Waals surface area contributed by atoms with Crippen molar-refractivity contribution in [3.8, 4) is 12.1 Å². The van der Waals surface area contributed by atoms with E-state index in [2.05, 4.69) is 15.3 Å². The molecule has 0 saturated carbocycles. The Labute approximate surface area is 82.8 Å². The molecule has 0 fully saturated rings. The fourth-order valence-electron chi connectivity index (χ4n) is 0.926. The molecule has 1 heterocycles. The number of aromatic nitrogens is 2. The SMILES string of the molecule is CCCOc1cc(C)nc(NC#N)n1. The summed E-state index contributed by atoms with van der Waals surface area (Å²) >= 11 is 0. The van der Waals surface area contributed by atoms with E-state index in [1.54, 1.807) is 12.3 Å². The molecule has 74 valence electrons. The topological polar surface area (TPSA) is 70.8 Å². The lowest BCUT2D eigenvalue weighted by Gasteiger charge is -2.05. The van der Waals surface area contributed by atoms with E-state index in [4.69, 9.17) is 10.00 Å². The van der Waals surface area contributed by atoms with Gasteiger partial charge in [0.25, 0.3) is 0 Å². The Balaban J connectivity index is 2.79. The lowest BCUT2D eigenvalue weighted by Crippen LogP contribution is -2.02. The summed E-state index contributed by atoms with van der Waals surface area (Å²) in [6, 6.07) is 1.73. The number of rotatable bonds is 4. The van der Waals surface area contributed by atoms with E-state index in [-0.39, 0.29) is 5.95 Å². The number of nitriles is 1. The Hall–Kier alpha value is -1.83. The highest BCUT2D eigenvalue weighted by Crippen LogP contribution is 2.11. The molecule has 5 nitrogen and oxygen atoms in total. The predicted molar refractivity (Wildman–Crippen MR) is 51.8 cm³/mol. The number of anilines is 1. The molecule has 0 aliphatic carbocycles. The summed E-state index contributed by atoms with van der Waals surface area (Å²) < 4.78 is 5.32. The van der Waals surface area contributed by atoms with Gasteiger partial charge < -0.3 is 4.74 Å². The molecule has 1 rings (SSSR count). The molecule has 0 amide bonds. The van der Waals surface area contributed by atoms with Crippen molar-refractivity contribution >= 4 is 5.95 Å². The fourth-order valence-corrected chi connectivity index (χ4v) is 0.926. The van der Waals surface area contributed by atoms with Gasteiger partial charge in [-0.25, -0.2) is 4.98 Å². The lowest BCUT2D eigenvalue weighted by atomic mass is 10.4. The normalized spacial score (nSPS) is 9.21. The van der Waals surface area contributed by atoms with Gasteiger partial charge in [-0.05, 0) is 13.3 Å². The van der Waals surface area contributed by atoms with Crippen molar-refractivity contribution in [2.75, 3.05) is 11.9 Å². The Morgan fingerprint density at radius 2 is 2.36 bits per heavy atom. The molecule has 1 aromatic rings. The number of hydrogen-bond acceptors (Lipinski definition) is 5. The van der Waals surface area contributed by atoms with Gasteiger partial charge in [0.2, 0.25) is 11.8 Å². The average Bonchev–Trinajstić information content (AvgIpc) is 2.14. The predicted octanol–water partition coefficient (Wildman–Crippen LogP) is 1.47. The second-order valence-electron chi connectivity index (χ2n) is 2.76. The first-order chi connectivity index (χ1) is 6.76. The average molecular weight is 192 g/mol. The zero-order chi connectivity index (χ0) is 10.4. The van der Waals surface area contributed by atoms with Gasteiger partial charge in [0, 0.05) is 11.8 Å². The van der Waals surface area contributed by atoms with Gasteiger partial charge in [-0.3, -0.25) is 5.32 Å². The van der Waals surface area contributed by atoms with E-state index in [1.807, 2.05) is 13.8 Å². The van der Waals surface area contributed by atoms with E-state index >= 15 is 0 Å². The summed E-state index contributed by atoms with van der Waals surface area (Å²) in [5.41, 5.74) is 0.767. The first-order valence-electron chi connectivity index (χ1n) is 4.40. The van der Waals surface area contributed by atoms with E-state index in [0.29, 0.717) is 12.5 Å². The zero-order valence-corrected chi connectivity index (χ0v) is 8.24. The maximum atomic E-state index is 8.40. The lowest BCUT2D eigenvalue weighted by molar-refractivity contribution is 0.305. The van der Waals surface area contributed by atoms with Crippen LogP contribution >= 0.6 is 0 Å². The second kappa shape index (κ2) is 5.02. The molecule has 0 saturated heterocycles. The Morgan fingerprint density at radius 3 is 3.00 bits per heavy atom. The van der Waals surface area contributed by atoms with Crippen molar-refractivity contribution in [1.82, 2.24) is 9.97 Å². The smallest absolute Gasteiger partial charge is 0.239 e.